The number of halogens is 2. The van der Waals surface area contributed by atoms with Crippen molar-refractivity contribution in [1.29, 1.82) is 0 Å². The summed E-state index contributed by atoms with van der Waals surface area (Å²) in [6.07, 6.45) is 4.17. The van der Waals surface area contributed by atoms with Crippen LogP contribution in [0.5, 0.6) is 0 Å². The summed E-state index contributed by atoms with van der Waals surface area (Å²) >= 11 is 0. The van der Waals surface area contributed by atoms with Crippen molar-refractivity contribution in [1.82, 2.24) is 29.9 Å². The number of aromatic amines is 2. The maximum atomic E-state index is 14.4. The van der Waals surface area contributed by atoms with Gasteiger partial charge < -0.3 is 15.2 Å². The lowest BCUT2D eigenvalue weighted by Crippen LogP contribution is -2.45. The van der Waals surface area contributed by atoms with Crippen molar-refractivity contribution >= 4 is 17.2 Å². The van der Waals surface area contributed by atoms with Crippen molar-refractivity contribution in [3.63, 3.8) is 0 Å². The molecule has 3 N–H and O–H groups in total. The first-order valence-corrected chi connectivity index (χ1v) is 8.31. The Bertz CT molecular complexity index is 1180. The van der Waals surface area contributed by atoms with E-state index in [-0.39, 0.29) is 17.8 Å². The van der Waals surface area contributed by atoms with E-state index in [2.05, 4.69) is 25.4 Å². The van der Waals surface area contributed by atoms with Crippen LogP contribution >= 0.6 is 0 Å². The van der Waals surface area contributed by atoms with Gasteiger partial charge in [0.1, 0.15) is 11.7 Å². The van der Waals surface area contributed by atoms with Gasteiger partial charge in [-0.3, -0.25) is 14.6 Å². The van der Waals surface area contributed by atoms with Crippen LogP contribution in [0.15, 0.2) is 34.2 Å². The molecule has 1 aliphatic heterocycles. The summed E-state index contributed by atoms with van der Waals surface area (Å²) in [6.45, 7) is 0.408. The number of H-pyrrole nitrogens is 2. The second-order valence-electron chi connectivity index (χ2n) is 6.49. The van der Waals surface area contributed by atoms with Crippen molar-refractivity contribution < 1.29 is 13.6 Å². The van der Waals surface area contributed by atoms with Crippen molar-refractivity contribution in [3.05, 3.63) is 45.5 Å². The predicted molar refractivity (Wildman–Crippen MR) is 94.4 cm³/mol. The van der Waals surface area contributed by atoms with Gasteiger partial charge in [-0.15, -0.1) is 0 Å². The van der Waals surface area contributed by atoms with Crippen LogP contribution in [0.1, 0.15) is 6.92 Å². The number of anilines is 1. The number of imidazole rings is 1. The minimum absolute atomic E-state index is 0.0702. The molecule has 1 fully saturated rings. The second-order valence-corrected chi connectivity index (χ2v) is 6.49. The highest BCUT2D eigenvalue weighted by atomic mass is 19.3. The number of fused-ring (bicyclic) bond motifs is 1. The number of hydrogen-bond acceptors (Lipinski definition) is 6. The van der Waals surface area contributed by atoms with Gasteiger partial charge in [0.15, 0.2) is 5.65 Å². The van der Waals surface area contributed by atoms with Crippen molar-refractivity contribution in [2.24, 2.45) is 0 Å². The van der Waals surface area contributed by atoms with E-state index in [1.807, 2.05) is 0 Å². The number of carbonyl (C=O) groups is 1. The van der Waals surface area contributed by atoms with Gasteiger partial charge in [0.25, 0.3) is 11.5 Å². The Labute approximate surface area is 155 Å². The molecule has 3 aromatic rings. The van der Waals surface area contributed by atoms with Crippen LogP contribution < -0.4 is 21.5 Å². The van der Waals surface area contributed by atoms with Crippen molar-refractivity contribution in [3.8, 4) is 11.3 Å². The molecular weight excluding hydrogens is 376 g/mol. The molecule has 1 aliphatic rings. The van der Waals surface area contributed by atoms with Crippen molar-refractivity contribution in [2.75, 3.05) is 18.0 Å². The minimum Gasteiger partial charge on any atom is -0.360 e. The van der Waals surface area contributed by atoms with Gasteiger partial charge in [0, 0.05) is 32.1 Å². The average molecular weight is 391 g/mol. The molecule has 146 valence electrons. The third-order valence-electron chi connectivity index (χ3n) is 4.47. The Hall–Kier alpha value is -3.57. The van der Waals surface area contributed by atoms with Gasteiger partial charge in [-0.2, -0.15) is 5.10 Å². The Morgan fingerprint density at radius 3 is 2.89 bits per heavy atom. The molecule has 0 radical (unpaired) electrons. The molecule has 12 heteroatoms. The molecule has 28 heavy (non-hydrogen) atoms. The monoisotopic (exact) mass is 391 g/mol. The third-order valence-corrected chi connectivity index (χ3v) is 4.47. The largest absolute Gasteiger partial charge is 0.360 e. The first-order chi connectivity index (χ1) is 13.2. The van der Waals surface area contributed by atoms with Gasteiger partial charge >= 0.3 is 5.69 Å². The number of carbonyl (C=O) groups excluding carboxylic acids is 1. The number of rotatable bonds is 3. The van der Waals surface area contributed by atoms with Crippen molar-refractivity contribution in [2.45, 2.75) is 18.9 Å². The van der Waals surface area contributed by atoms with Gasteiger partial charge in [0.05, 0.1) is 17.8 Å². The molecule has 1 saturated heterocycles. The summed E-state index contributed by atoms with van der Waals surface area (Å²) in [5.74, 6) is -3.69. The van der Waals surface area contributed by atoms with Crippen LogP contribution in [0.2, 0.25) is 0 Å². The van der Waals surface area contributed by atoms with Crippen LogP contribution in [0.4, 0.5) is 14.5 Å². The third kappa shape index (κ3) is 3.02. The van der Waals surface area contributed by atoms with Crippen LogP contribution in [-0.2, 0) is 4.79 Å². The molecule has 0 aliphatic carbocycles. The van der Waals surface area contributed by atoms with E-state index in [0.29, 0.717) is 11.3 Å². The van der Waals surface area contributed by atoms with Crippen LogP contribution in [0, 0.1) is 0 Å². The highest BCUT2D eigenvalue weighted by molar-refractivity contribution is 5.76. The van der Waals surface area contributed by atoms with E-state index in [1.165, 1.54) is 41.0 Å². The SMILES string of the molecule is CC(=O)NC1CN(c2cc(-c3c[nH]c(=O)[nH]c3=O)nn3ccnc23)CC1(F)F. The van der Waals surface area contributed by atoms with Gasteiger partial charge in [-0.25, -0.2) is 23.1 Å². The molecule has 0 bridgehead atoms. The number of aromatic nitrogens is 5. The van der Waals surface area contributed by atoms with Crippen LogP contribution in [0.25, 0.3) is 16.9 Å². The summed E-state index contributed by atoms with van der Waals surface area (Å²) in [5.41, 5.74) is -0.443. The minimum atomic E-state index is -3.14. The lowest BCUT2D eigenvalue weighted by Gasteiger charge is -2.19. The standard InChI is InChI=1S/C16H15F2N7O3/c1-8(26)21-12-6-24(7-16(12,17)18)11-4-10(23-25-3-2-19-13(11)25)9-5-20-15(28)22-14(9)27/h2-5,12H,6-7H2,1H3,(H,21,26)(H2,20,22,27,28). The lowest BCUT2D eigenvalue weighted by atomic mass is 10.2. The fourth-order valence-electron chi connectivity index (χ4n) is 3.23. The maximum Gasteiger partial charge on any atom is 0.325 e. The fraction of sp³-hybridized carbons (Fsp3) is 0.312. The van der Waals surface area contributed by atoms with E-state index < -0.39 is 35.7 Å². The first-order valence-electron chi connectivity index (χ1n) is 8.31. The molecule has 0 aromatic carbocycles. The second kappa shape index (κ2) is 6.25. The Morgan fingerprint density at radius 1 is 1.39 bits per heavy atom. The highest BCUT2D eigenvalue weighted by Gasteiger charge is 2.49. The van der Waals surface area contributed by atoms with E-state index in [0.717, 1.165) is 0 Å². The fourth-order valence-corrected chi connectivity index (χ4v) is 3.23. The Balaban J connectivity index is 1.81. The van der Waals surface area contributed by atoms with Gasteiger partial charge in [-0.05, 0) is 6.07 Å². The summed E-state index contributed by atoms with van der Waals surface area (Å²) in [6, 6.07) is 0.102. The zero-order chi connectivity index (χ0) is 20.1. The molecule has 0 saturated carbocycles. The molecule has 3 aromatic heterocycles. The molecular formula is C16H15F2N7O3. The number of nitrogens with zero attached hydrogens (tertiary/aromatic N) is 4. The smallest absolute Gasteiger partial charge is 0.325 e. The number of amides is 1. The summed E-state index contributed by atoms with van der Waals surface area (Å²) < 4.78 is 30.1. The predicted octanol–water partition coefficient (Wildman–Crippen LogP) is -0.267. The van der Waals surface area contributed by atoms with E-state index in [9.17, 15) is 23.2 Å². The van der Waals surface area contributed by atoms with E-state index in [1.54, 1.807) is 0 Å². The van der Waals surface area contributed by atoms with E-state index in [4.69, 9.17) is 0 Å². The molecule has 1 atom stereocenters. The van der Waals surface area contributed by atoms with Crippen LogP contribution in [0.3, 0.4) is 0 Å². The summed E-state index contributed by atoms with van der Waals surface area (Å²) in [7, 11) is 0. The average Bonchev–Trinajstić information content (AvgIpc) is 3.18. The highest BCUT2D eigenvalue weighted by Crippen LogP contribution is 2.34. The zero-order valence-electron chi connectivity index (χ0n) is 14.6. The normalized spacial score (nSPS) is 18.5. The number of alkyl halides is 2. The van der Waals surface area contributed by atoms with E-state index >= 15 is 0 Å². The zero-order valence-corrected chi connectivity index (χ0v) is 14.6. The maximum absolute atomic E-state index is 14.4. The summed E-state index contributed by atoms with van der Waals surface area (Å²) in [5, 5.41) is 6.53. The molecule has 1 unspecified atom stereocenters. The molecule has 1 amide bonds. The molecule has 10 nitrogen and oxygen atoms in total. The first kappa shape index (κ1) is 17.8. The molecule has 0 spiro atoms. The molecule has 4 heterocycles. The van der Waals surface area contributed by atoms with Crippen LogP contribution in [-0.4, -0.2) is 55.5 Å². The number of hydrogen-bond donors (Lipinski definition) is 3. The van der Waals surface area contributed by atoms with Gasteiger partial charge in [0.2, 0.25) is 5.91 Å². The van der Waals surface area contributed by atoms with Gasteiger partial charge in [-0.1, -0.05) is 0 Å². The molecule has 4 rings (SSSR count). The quantitative estimate of drug-likeness (QED) is 0.564. The Kier molecular flexibility index (Phi) is 3.98. The topological polar surface area (TPSA) is 128 Å². The summed E-state index contributed by atoms with van der Waals surface area (Å²) in [4.78, 5) is 44.6. The Morgan fingerprint density at radius 2 is 2.18 bits per heavy atom. The number of nitrogens with one attached hydrogen (secondary N) is 3. The lowest BCUT2D eigenvalue weighted by molar-refractivity contribution is -0.122.